The normalized spacial score (nSPS) is 17.6. The van der Waals surface area contributed by atoms with Crippen molar-refractivity contribution >= 4 is 17.5 Å². The molecular formula is C15H21N3O3. The zero-order chi connectivity index (χ0) is 15.2. The lowest BCUT2D eigenvalue weighted by Crippen LogP contribution is -2.45. The van der Waals surface area contributed by atoms with E-state index < -0.39 is 0 Å². The summed E-state index contributed by atoms with van der Waals surface area (Å²) in [5.74, 6) is 0.495. The van der Waals surface area contributed by atoms with Crippen molar-refractivity contribution in [1.29, 1.82) is 0 Å². The van der Waals surface area contributed by atoms with Gasteiger partial charge >= 0.3 is 0 Å². The van der Waals surface area contributed by atoms with Crippen LogP contribution in [-0.2, 0) is 9.59 Å². The zero-order valence-electron chi connectivity index (χ0n) is 12.2. The lowest BCUT2D eigenvalue weighted by atomic mass is 10.2. The molecule has 1 aliphatic heterocycles. The number of carbonyl (C=O) groups excluding carboxylic acids is 2. The first kappa shape index (κ1) is 15.2. The Labute approximate surface area is 124 Å². The van der Waals surface area contributed by atoms with E-state index in [4.69, 9.17) is 10.5 Å². The van der Waals surface area contributed by atoms with E-state index in [2.05, 4.69) is 5.32 Å². The highest BCUT2D eigenvalue weighted by molar-refractivity contribution is 5.88. The number of anilines is 1. The van der Waals surface area contributed by atoms with Crippen molar-refractivity contribution in [3.63, 3.8) is 0 Å². The molecule has 1 atom stereocenters. The largest absolute Gasteiger partial charge is 0.493 e. The molecule has 2 amide bonds. The maximum absolute atomic E-state index is 12.2. The van der Waals surface area contributed by atoms with Crippen LogP contribution in [-0.4, -0.2) is 43.0 Å². The van der Waals surface area contributed by atoms with E-state index in [1.807, 2.05) is 0 Å². The van der Waals surface area contributed by atoms with Crippen molar-refractivity contribution in [2.45, 2.75) is 25.3 Å². The molecular weight excluding hydrogens is 270 g/mol. The number of likely N-dealkylation sites (N-methyl/N-ethyl adjacent to an activating group) is 1. The van der Waals surface area contributed by atoms with E-state index >= 15 is 0 Å². The summed E-state index contributed by atoms with van der Waals surface area (Å²) in [6.45, 7) is 0.911. The average molecular weight is 291 g/mol. The SMILES string of the molecule is CNC(=O)C1CCCN1C(=O)CCOc1cccc(N)c1. The van der Waals surface area contributed by atoms with Crippen LogP contribution in [0.2, 0.25) is 0 Å². The predicted octanol–water partition coefficient (Wildman–Crippen LogP) is 0.775. The molecule has 1 aromatic carbocycles. The van der Waals surface area contributed by atoms with Gasteiger partial charge in [-0.1, -0.05) is 6.07 Å². The van der Waals surface area contributed by atoms with E-state index in [1.54, 1.807) is 36.2 Å². The summed E-state index contributed by atoms with van der Waals surface area (Å²) in [6.07, 6.45) is 1.84. The molecule has 114 valence electrons. The molecule has 21 heavy (non-hydrogen) atoms. The van der Waals surface area contributed by atoms with Gasteiger partial charge in [-0.25, -0.2) is 0 Å². The van der Waals surface area contributed by atoms with Gasteiger partial charge in [-0.3, -0.25) is 9.59 Å². The summed E-state index contributed by atoms with van der Waals surface area (Å²) in [4.78, 5) is 25.5. The Morgan fingerprint density at radius 2 is 2.29 bits per heavy atom. The van der Waals surface area contributed by atoms with Gasteiger partial charge in [0.05, 0.1) is 13.0 Å². The number of benzene rings is 1. The van der Waals surface area contributed by atoms with E-state index in [9.17, 15) is 9.59 Å². The standard InChI is InChI=1S/C15H21N3O3/c1-17-15(20)13-6-3-8-18(13)14(19)7-9-21-12-5-2-4-11(16)10-12/h2,4-5,10,13H,3,6-9,16H2,1H3,(H,17,20). The molecule has 1 heterocycles. The van der Waals surface area contributed by atoms with Crippen molar-refractivity contribution in [2.75, 3.05) is 25.9 Å². The minimum Gasteiger partial charge on any atom is -0.493 e. The van der Waals surface area contributed by atoms with Gasteiger partial charge < -0.3 is 20.7 Å². The van der Waals surface area contributed by atoms with Crippen LogP contribution in [0.15, 0.2) is 24.3 Å². The number of rotatable bonds is 5. The smallest absolute Gasteiger partial charge is 0.242 e. The van der Waals surface area contributed by atoms with Gasteiger partial charge in [0, 0.05) is 25.3 Å². The first-order valence-corrected chi connectivity index (χ1v) is 7.11. The Morgan fingerprint density at radius 3 is 3.00 bits per heavy atom. The fourth-order valence-electron chi connectivity index (χ4n) is 2.51. The van der Waals surface area contributed by atoms with Gasteiger partial charge in [-0.15, -0.1) is 0 Å². The molecule has 2 rings (SSSR count). The Kier molecular flexibility index (Phi) is 5.03. The minimum absolute atomic E-state index is 0.0509. The summed E-state index contributed by atoms with van der Waals surface area (Å²) in [5.41, 5.74) is 6.28. The van der Waals surface area contributed by atoms with Crippen molar-refractivity contribution in [1.82, 2.24) is 10.2 Å². The average Bonchev–Trinajstić information content (AvgIpc) is 2.96. The van der Waals surface area contributed by atoms with Crippen molar-refractivity contribution in [2.24, 2.45) is 0 Å². The molecule has 0 spiro atoms. The molecule has 1 aromatic rings. The highest BCUT2D eigenvalue weighted by Crippen LogP contribution is 2.19. The number of nitrogens with zero attached hydrogens (tertiary/aromatic N) is 1. The number of amides is 2. The number of nitrogens with one attached hydrogen (secondary N) is 1. The second kappa shape index (κ2) is 6.97. The Hall–Kier alpha value is -2.24. The van der Waals surface area contributed by atoms with E-state index in [0.29, 0.717) is 18.0 Å². The number of nitrogens with two attached hydrogens (primary N) is 1. The fourth-order valence-corrected chi connectivity index (χ4v) is 2.51. The topological polar surface area (TPSA) is 84.7 Å². The zero-order valence-corrected chi connectivity index (χ0v) is 12.2. The highest BCUT2D eigenvalue weighted by atomic mass is 16.5. The van der Waals surface area contributed by atoms with Gasteiger partial charge in [-0.05, 0) is 25.0 Å². The van der Waals surface area contributed by atoms with Gasteiger partial charge in [0.1, 0.15) is 11.8 Å². The molecule has 3 N–H and O–H groups in total. The maximum Gasteiger partial charge on any atom is 0.242 e. The summed E-state index contributed by atoms with van der Waals surface area (Å²) in [7, 11) is 1.59. The van der Waals surface area contributed by atoms with Crippen LogP contribution in [0.3, 0.4) is 0 Å². The van der Waals surface area contributed by atoms with Gasteiger partial charge in [0.25, 0.3) is 0 Å². The minimum atomic E-state index is -0.338. The monoisotopic (exact) mass is 291 g/mol. The number of likely N-dealkylation sites (tertiary alicyclic amines) is 1. The molecule has 0 bridgehead atoms. The molecule has 1 saturated heterocycles. The Balaban J connectivity index is 1.83. The van der Waals surface area contributed by atoms with Crippen LogP contribution in [0.25, 0.3) is 0 Å². The third kappa shape index (κ3) is 3.87. The number of hydrogen-bond acceptors (Lipinski definition) is 4. The number of hydrogen-bond donors (Lipinski definition) is 2. The van der Waals surface area contributed by atoms with Crippen LogP contribution < -0.4 is 15.8 Å². The molecule has 1 unspecified atom stereocenters. The highest BCUT2D eigenvalue weighted by Gasteiger charge is 2.33. The van der Waals surface area contributed by atoms with Crippen molar-refractivity contribution in [3.8, 4) is 5.75 Å². The van der Waals surface area contributed by atoms with Gasteiger partial charge in [0.15, 0.2) is 0 Å². The molecule has 6 nitrogen and oxygen atoms in total. The van der Waals surface area contributed by atoms with E-state index in [-0.39, 0.29) is 30.9 Å². The second-order valence-corrected chi connectivity index (χ2v) is 5.03. The van der Waals surface area contributed by atoms with Crippen LogP contribution in [0.4, 0.5) is 5.69 Å². The third-order valence-corrected chi connectivity index (χ3v) is 3.56. The summed E-state index contributed by atoms with van der Waals surface area (Å²) in [6, 6.07) is 6.75. The molecule has 0 aliphatic carbocycles. The van der Waals surface area contributed by atoms with E-state index in [0.717, 1.165) is 12.8 Å². The molecule has 0 aromatic heterocycles. The fraction of sp³-hybridized carbons (Fsp3) is 0.467. The van der Waals surface area contributed by atoms with Crippen LogP contribution in [0.5, 0.6) is 5.75 Å². The van der Waals surface area contributed by atoms with Crippen LogP contribution in [0, 0.1) is 0 Å². The summed E-state index contributed by atoms with van der Waals surface area (Å²) < 4.78 is 5.51. The maximum atomic E-state index is 12.2. The van der Waals surface area contributed by atoms with Crippen LogP contribution in [0.1, 0.15) is 19.3 Å². The van der Waals surface area contributed by atoms with Gasteiger partial charge in [0.2, 0.25) is 11.8 Å². The lowest BCUT2D eigenvalue weighted by Gasteiger charge is -2.23. The van der Waals surface area contributed by atoms with E-state index in [1.165, 1.54) is 0 Å². The summed E-state index contributed by atoms with van der Waals surface area (Å²) >= 11 is 0. The number of carbonyl (C=O) groups is 2. The second-order valence-electron chi connectivity index (χ2n) is 5.03. The molecule has 0 radical (unpaired) electrons. The Bertz CT molecular complexity index is 519. The van der Waals surface area contributed by atoms with Crippen molar-refractivity contribution in [3.05, 3.63) is 24.3 Å². The molecule has 1 fully saturated rings. The number of ether oxygens (including phenoxy) is 1. The third-order valence-electron chi connectivity index (χ3n) is 3.56. The molecule has 6 heteroatoms. The lowest BCUT2D eigenvalue weighted by molar-refractivity contribution is -0.138. The first-order valence-electron chi connectivity index (χ1n) is 7.11. The summed E-state index contributed by atoms with van der Waals surface area (Å²) in [5, 5.41) is 2.60. The molecule has 0 saturated carbocycles. The first-order chi connectivity index (χ1) is 10.1. The predicted molar refractivity (Wildman–Crippen MR) is 79.8 cm³/mol. The van der Waals surface area contributed by atoms with Gasteiger partial charge in [-0.2, -0.15) is 0 Å². The quantitative estimate of drug-likeness (QED) is 0.785. The Morgan fingerprint density at radius 1 is 1.48 bits per heavy atom. The number of nitrogen functional groups attached to an aromatic ring is 1. The molecule has 1 aliphatic rings. The van der Waals surface area contributed by atoms with Crippen molar-refractivity contribution < 1.29 is 14.3 Å². The van der Waals surface area contributed by atoms with Crippen LogP contribution >= 0.6 is 0 Å².